The van der Waals surface area contributed by atoms with Crippen LogP contribution in [0.2, 0.25) is 0 Å². The monoisotopic (exact) mass is 578 g/mol. The van der Waals surface area contributed by atoms with E-state index in [-0.39, 0.29) is 35.1 Å². The Kier molecular flexibility index (Phi) is 7.81. The van der Waals surface area contributed by atoms with Gasteiger partial charge in [-0.3, -0.25) is 10.2 Å². The van der Waals surface area contributed by atoms with E-state index in [1.54, 1.807) is 5.12 Å². The first kappa shape index (κ1) is 28.1. The van der Waals surface area contributed by atoms with Crippen LogP contribution < -0.4 is 5.43 Å². The highest BCUT2D eigenvalue weighted by molar-refractivity contribution is 6.02. The molecular formula is C32H33F3N4O3. The Morgan fingerprint density at radius 1 is 1.12 bits per heavy atom. The van der Waals surface area contributed by atoms with Crippen molar-refractivity contribution in [3.63, 3.8) is 0 Å². The Morgan fingerprint density at radius 2 is 1.95 bits per heavy atom. The number of benzene rings is 1. The maximum absolute atomic E-state index is 13.7. The second kappa shape index (κ2) is 11.7. The molecule has 0 radical (unpaired) electrons. The van der Waals surface area contributed by atoms with Gasteiger partial charge in [-0.2, -0.15) is 23.4 Å². The molecule has 42 heavy (non-hydrogen) atoms. The van der Waals surface area contributed by atoms with Crippen molar-refractivity contribution in [3.05, 3.63) is 94.9 Å². The summed E-state index contributed by atoms with van der Waals surface area (Å²) >= 11 is 0. The van der Waals surface area contributed by atoms with Crippen molar-refractivity contribution in [2.24, 2.45) is 5.10 Å². The molecule has 1 aromatic heterocycles. The number of allylic oxidation sites excluding steroid dienone is 6. The van der Waals surface area contributed by atoms with Gasteiger partial charge >= 0.3 is 6.18 Å². The zero-order valence-corrected chi connectivity index (χ0v) is 23.4. The van der Waals surface area contributed by atoms with E-state index in [0.717, 1.165) is 48.7 Å². The molecule has 1 N–H and O–H groups in total. The fourth-order valence-corrected chi connectivity index (χ4v) is 5.76. The van der Waals surface area contributed by atoms with E-state index in [0.29, 0.717) is 26.2 Å². The Labute approximate surface area is 242 Å². The minimum Gasteiger partial charge on any atom is -0.451 e. The largest absolute Gasteiger partial charge is 0.451 e. The summed E-state index contributed by atoms with van der Waals surface area (Å²) in [6.07, 6.45) is 10.4. The van der Waals surface area contributed by atoms with Crippen LogP contribution in [0.4, 0.5) is 13.2 Å². The van der Waals surface area contributed by atoms with E-state index < -0.39 is 11.7 Å². The van der Waals surface area contributed by atoms with E-state index in [9.17, 15) is 18.0 Å². The third-order valence-electron chi connectivity index (χ3n) is 7.95. The van der Waals surface area contributed by atoms with Crippen molar-refractivity contribution in [2.45, 2.75) is 63.7 Å². The molecule has 4 aliphatic rings. The van der Waals surface area contributed by atoms with Crippen molar-refractivity contribution < 1.29 is 27.1 Å². The molecular weight excluding hydrogens is 545 g/mol. The minimum atomic E-state index is -4.53. The number of carbonyl (C=O) groups excluding carboxylic acids is 1. The van der Waals surface area contributed by atoms with Crippen LogP contribution >= 0.6 is 0 Å². The number of hydrogen-bond donors (Lipinski definition) is 1. The van der Waals surface area contributed by atoms with Gasteiger partial charge in [-0.1, -0.05) is 48.6 Å². The molecule has 1 unspecified atom stereocenters. The van der Waals surface area contributed by atoms with E-state index >= 15 is 0 Å². The summed E-state index contributed by atoms with van der Waals surface area (Å²) in [5.41, 5.74) is 6.67. The van der Waals surface area contributed by atoms with Gasteiger partial charge < -0.3 is 14.1 Å². The van der Waals surface area contributed by atoms with Gasteiger partial charge in [0.25, 0.3) is 5.91 Å². The summed E-state index contributed by atoms with van der Waals surface area (Å²) in [5, 5.41) is 6.49. The van der Waals surface area contributed by atoms with Crippen LogP contribution in [0.3, 0.4) is 0 Å². The van der Waals surface area contributed by atoms with Gasteiger partial charge in [-0.25, -0.2) is 0 Å². The van der Waals surface area contributed by atoms with Gasteiger partial charge in [-0.15, -0.1) is 0 Å². The van der Waals surface area contributed by atoms with Gasteiger partial charge in [0.1, 0.15) is 5.76 Å². The number of nitrogens with one attached hydrogen (secondary N) is 1. The number of amides is 1. The number of hydrazine groups is 1. The number of hydrogen-bond acceptors (Lipinski definition) is 6. The molecule has 2 aromatic rings. The van der Waals surface area contributed by atoms with E-state index in [2.05, 4.69) is 17.6 Å². The molecule has 6 rings (SSSR count). The summed E-state index contributed by atoms with van der Waals surface area (Å²) in [6, 6.07) is 8.22. The molecule has 2 heterocycles. The summed E-state index contributed by atoms with van der Waals surface area (Å²) in [6.45, 7) is 2.82. The highest BCUT2D eigenvalue weighted by Gasteiger charge is 2.42. The van der Waals surface area contributed by atoms with E-state index in [1.807, 2.05) is 30.1 Å². The SMILES string of the molecule is CC1=C2CC(N(C(=O)c3ccc(-c4ccccc4C(F)(F)F)o3)C3CC3)CCC2=NN(COCC2=CC=CC=CC2)N1. The molecule has 7 nitrogen and oxygen atoms in total. The quantitative estimate of drug-likeness (QED) is 0.366. The smallest absolute Gasteiger partial charge is 0.417 e. The lowest BCUT2D eigenvalue weighted by Gasteiger charge is -2.39. The maximum atomic E-state index is 13.7. The van der Waals surface area contributed by atoms with Gasteiger partial charge in [-0.05, 0) is 74.8 Å². The number of ether oxygens (including phenoxy) is 1. The highest BCUT2D eigenvalue weighted by Crippen LogP contribution is 2.40. The van der Waals surface area contributed by atoms with Crippen molar-refractivity contribution in [1.82, 2.24) is 15.4 Å². The Balaban J connectivity index is 1.13. The number of rotatable bonds is 8. The number of hydrazone groups is 1. The van der Waals surface area contributed by atoms with Crippen LogP contribution in [0.5, 0.6) is 0 Å². The molecule has 0 spiro atoms. The van der Waals surface area contributed by atoms with Crippen LogP contribution in [0, 0.1) is 0 Å². The summed E-state index contributed by atoms with van der Waals surface area (Å²) in [5.74, 6) is -0.201. The third kappa shape index (κ3) is 6.09. The van der Waals surface area contributed by atoms with Crippen LogP contribution in [0.15, 0.2) is 93.1 Å². The molecule has 0 bridgehead atoms. The average Bonchev–Trinajstić information content (AvgIpc) is 3.74. The van der Waals surface area contributed by atoms with Crippen molar-refractivity contribution in [2.75, 3.05) is 13.3 Å². The molecule has 1 atom stereocenters. The fourth-order valence-electron chi connectivity index (χ4n) is 5.76. The topological polar surface area (TPSA) is 70.3 Å². The maximum Gasteiger partial charge on any atom is 0.417 e. The molecule has 3 aliphatic carbocycles. The molecule has 2 saturated carbocycles. The van der Waals surface area contributed by atoms with E-state index in [1.165, 1.54) is 35.9 Å². The van der Waals surface area contributed by atoms with Crippen molar-refractivity contribution in [3.8, 4) is 11.3 Å². The van der Waals surface area contributed by atoms with Crippen LogP contribution in [-0.4, -0.2) is 47.1 Å². The third-order valence-corrected chi connectivity index (χ3v) is 7.95. The average molecular weight is 579 g/mol. The van der Waals surface area contributed by atoms with Gasteiger partial charge in [0.2, 0.25) is 0 Å². The lowest BCUT2D eigenvalue weighted by atomic mass is 9.86. The number of halogens is 3. The molecule has 1 aromatic carbocycles. The first-order valence-corrected chi connectivity index (χ1v) is 14.3. The van der Waals surface area contributed by atoms with E-state index in [4.69, 9.17) is 14.3 Å². The summed E-state index contributed by atoms with van der Waals surface area (Å²) in [7, 11) is 0. The van der Waals surface area contributed by atoms with Crippen LogP contribution in [-0.2, 0) is 10.9 Å². The van der Waals surface area contributed by atoms with Crippen LogP contribution in [0.25, 0.3) is 11.3 Å². The zero-order chi connectivity index (χ0) is 29.3. The van der Waals surface area contributed by atoms with Crippen molar-refractivity contribution >= 4 is 11.6 Å². The first-order valence-electron chi connectivity index (χ1n) is 14.3. The predicted molar refractivity (Wildman–Crippen MR) is 153 cm³/mol. The van der Waals surface area contributed by atoms with Gasteiger partial charge in [0, 0.05) is 23.3 Å². The Morgan fingerprint density at radius 3 is 2.76 bits per heavy atom. The number of carbonyl (C=O) groups is 1. The Hall–Kier alpha value is -4.05. The Bertz CT molecular complexity index is 1500. The second-order valence-corrected chi connectivity index (χ2v) is 11.0. The van der Waals surface area contributed by atoms with Crippen molar-refractivity contribution in [1.29, 1.82) is 0 Å². The van der Waals surface area contributed by atoms with Gasteiger partial charge in [0.05, 0.1) is 17.9 Å². The molecule has 220 valence electrons. The predicted octanol–water partition coefficient (Wildman–Crippen LogP) is 6.99. The summed E-state index contributed by atoms with van der Waals surface area (Å²) < 4.78 is 52.4. The highest BCUT2D eigenvalue weighted by atomic mass is 19.4. The molecule has 10 heteroatoms. The first-order chi connectivity index (χ1) is 20.3. The second-order valence-electron chi connectivity index (χ2n) is 11.0. The summed E-state index contributed by atoms with van der Waals surface area (Å²) in [4.78, 5) is 15.6. The lowest BCUT2D eigenvalue weighted by molar-refractivity contribution is -0.137. The minimum absolute atomic E-state index is 0.0284. The standard InChI is InChI=1S/C32H33F3N4O3/c1-21-26-18-24(14-15-28(26)37-38(36-21)20-41-19-22-8-4-2-3-5-9-22)39(23-12-13-23)31(40)30-17-16-29(42-30)25-10-6-7-11-27(25)32(33,34)35/h2-8,10-11,16-17,23-24,36H,9,12-15,18-20H2,1H3. The molecule has 1 amide bonds. The van der Waals surface area contributed by atoms with Gasteiger partial charge in [0.15, 0.2) is 12.5 Å². The molecule has 0 saturated heterocycles. The number of fused-ring (bicyclic) bond motifs is 1. The lowest BCUT2D eigenvalue weighted by Crippen LogP contribution is -2.47. The fraction of sp³-hybridized carbons (Fsp3) is 0.375. The molecule has 2 fully saturated rings. The number of nitrogens with zero attached hydrogens (tertiary/aromatic N) is 3. The molecule has 1 aliphatic heterocycles. The number of furan rings is 1. The normalized spacial score (nSPS) is 20.5. The zero-order valence-electron chi connectivity index (χ0n) is 23.4. The number of alkyl halides is 3. The van der Waals surface area contributed by atoms with Crippen LogP contribution in [0.1, 0.15) is 61.6 Å².